The zero-order chi connectivity index (χ0) is 30.0. The molecule has 0 saturated heterocycles. The Morgan fingerprint density at radius 1 is 0.878 bits per heavy atom. The second kappa shape index (κ2) is 18.0. The largest absolute Gasteiger partial charge is 0.462 e. The molecule has 3 amide bonds. The topological polar surface area (TPSA) is 143 Å². The Morgan fingerprint density at radius 2 is 1.51 bits per heavy atom. The first kappa shape index (κ1) is 32.8. The van der Waals surface area contributed by atoms with E-state index < -0.39 is 42.0 Å². The van der Waals surface area contributed by atoms with Gasteiger partial charge in [0.15, 0.2) is 0 Å². The molecule has 4 atom stereocenters. The average Bonchev–Trinajstić information content (AvgIpc) is 2.98. The third-order valence-electron chi connectivity index (χ3n) is 6.04. The van der Waals surface area contributed by atoms with Crippen LogP contribution in [0.5, 0.6) is 0 Å². The average molecular weight is 566 g/mol. The van der Waals surface area contributed by atoms with E-state index in [1.807, 2.05) is 36.4 Å². The van der Waals surface area contributed by atoms with Crippen LogP contribution in [-0.2, 0) is 30.5 Å². The number of hydrogen-bond donors (Lipinski definition) is 4. The van der Waals surface area contributed by atoms with E-state index in [9.17, 15) is 24.3 Å². The Kier molecular flexibility index (Phi) is 14.4. The fourth-order valence-electron chi connectivity index (χ4n) is 3.84. The van der Waals surface area contributed by atoms with Gasteiger partial charge in [0, 0.05) is 12.5 Å². The van der Waals surface area contributed by atoms with Gasteiger partial charge in [0.25, 0.3) is 0 Å². The molecule has 0 unspecified atom stereocenters. The molecule has 41 heavy (non-hydrogen) atoms. The van der Waals surface area contributed by atoms with Crippen molar-refractivity contribution in [1.82, 2.24) is 16.0 Å². The first-order valence-electron chi connectivity index (χ1n) is 13.4. The lowest BCUT2D eigenvalue weighted by Gasteiger charge is -2.24. The fraction of sp³-hybridized carbons (Fsp3) is 0.355. The second-order valence-corrected chi connectivity index (χ2v) is 9.46. The maximum absolute atomic E-state index is 13.2. The molecule has 4 N–H and O–H groups in total. The molecular weight excluding hydrogens is 526 g/mol. The van der Waals surface area contributed by atoms with Gasteiger partial charge < -0.3 is 30.5 Å². The Bertz CT molecular complexity index is 1140. The van der Waals surface area contributed by atoms with Crippen LogP contribution >= 0.6 is 0 Å². The van der Waals surface area contributed by atoms with Crippen molar-refractivity contribution in [3.05, 3.63) is 97.1 Å². The van der Waals surface area contributed by atoms with Crippen molar-refractivity contribution in [3.8, 4) is 0 Å². The number of esters is 1. The molecule has 0 aliphatic rings. The van der Waals surface area contributed by atoms with Crippen molar-refractivity contribution >= 4 is 23.9 Å². The Balaban J connectivity index is 2.05. The molecule has 0 saturated carbocycles. The van der Waals surface area contributed by atoms with Gasteiger partial charge in [-0.2, -0.15) is 0 Å². The molecule has 2 aromatic rings. The first-order chi connectivity index (χ1) is 19.8. The van der Waals surface area contributed by atoms with Gasteiger partial charge in [-0.15, -0.1) is 13.2 Å². The van der Waals surface area contributed by atoms with Gasteiger partial charge in [0.2, 0.25) is 11.8 Å². The molecule has 0 bridgehead atoms. The highest BCUT2D eigenvalue weighted by Crippen LogP contribution is 2.18. The molecule has 0 aromatic heterocycles. The summed E-state index contributed by atoms with van der Waals surface area (Å²) in [4.78, 5) is 50.8. The molecule has 0 aliphatic heterocycles. The number of ether oxygens (including phenoxy) is 2. The van der Waals surface area contributed by atoms with Crippen molar-refractivity contribution in [2.75, 3.05) is 13.2 Å². The van der Waals surface area contributed by atoms with Crippen molar-refractivity contribution in [3.63, 3.8) is 0 Å². The lowest BCUT2D eigenvalue weighted by atomic mass is 9.98. The second-order valence-electron chi connectivity index (χ2n) is 9.46. The lowest BCUT2D eigenvalue weighted by molar-refractivity contribution is -0.147. The Hall–Kier alpha value is -4.44. The third-order valence-corrected chi connectivity index (χ3v) is 6.04. The number of alkyl carbamates (subject to hydrolysis) is 1. The number of aliphatic hydroxyl groups excluding tert-OH is 1. The van der Waals surface area contributed by atoms with E-state index in [-0.39, 0.29) is 45.0 Å². The molecule has 0 radical (unpaired) electrons. The van der Waals surface area contributed by atoms with Gasteiger partial charge in [0.1, 0.15) is 19.3 Å². The molecule has 10 nitrogen and oxygen atoms in total. The quantitative estimate of drug-likeness (QED) is 0.170. The number of carbonyl (C=O) groups is 4. The van der Waals surface area contributed by atoms with Crippen molar-refractivity contribution < 1.29 is 33.8 Å². The summed E-state index contributed by atoms with van der Waals surface area (Å²) in [5.74, 6) is -2.26. The zero-order valence-corrected chi connectivity index (χ0v) is 23.3. The highest BCUT2D eigenvalue weighted by molar-refractivity contribution is 5.86. The molecule has 0 aliphatic carbocycles. The van der Waals surface area contributed by atoms with Gasteiger partial charge in [-0.25, -0.2) is 9.59 Å². The summed E-state index contributed by atoms with van der Waals surface area (Å²) in [5.41, 5.74) is 1.47. The van der Waals surface area contributed by atoms with E-state index in [4.69, 9.17) is 9.47 Å². The summed E-state index contributed by atoms with van der Waals surface area (Å²) in [6.07, 6.45) is 2.47. The Morgan fingerprint density at radius 3 is 2.12 bits per heavy atom. The summed E-state index contributed by atoms with van der Waals surface area (Å²) in [6.45, 7) is 8.56. The number of aliphatic hydroxyl groups is 1. The van der Waals surface area contributed by atoms with Crippen LogP contribution in [0.1, 0.15) is 43.4 Å². The number of amides is 3. The number of carbonyl (C=O) groups excluding carboxylic acids is 4. The molecule has 0 fully saturated rings. The van der Waals surface area contributed by atoms with Crippen LogP contribution in [0.2, 0.25) is 0 Å². The highest BCUT2D eigenvalue weighted by atomic mass is 16.6. The zero-order valence-electron chi connectivity index (χ0n) is 23.3. The van der Waals surface area contributed by atoms with Crippen LogP contribution in [-0.4, -0.2) is 54.3 Å². The highest BCUT2D eigenvalue weighted by Gasteiger charge is 2.27. The van der Waals surface area contributed by atoms with Crippen molar-refractivity contribution in [2.24, 2.45) is 5.92 Å². The van der Waals surface area contributed by atoms with E-state index in [1.165, 1.54) is 6.08 Å². The molecule has 220 valence electrons. The van der Waals surface area contributed by atoms with Crippen LogP contribution in [0, 0.1) is 5.92 Å². The molecular formula is C31H39N3O7. The summed E-state index contributed by atoms with van der Waals surface area (Å²) < 4.78 is 10.7. The van der Waals surface area contributed by atoms with Crippen LogP contribution in [0.25, 0.3) is 0 Å². The minimum atomic E-state index is -1.05. The van der Waals surface area contributed by atoms with Crippen molar-refractivity contribution in [2.45, 2.75) is 50.9 Å². The molecule has 2 aromatic carbocycles. The number of nitrogens with one attached hydrogen (secondary N) is 3. The van der Waals surface area contributed by atoms with Crippen LogP contribution in [0.3, 0.4) is 0 Å². The van der Waals surface area contributed by atoms with Crippen LogP contribution in [0.4, 0.5) is 4.79 Å². The monoisotopic (exact) mass is 565 g/mol. The van der Waals surface area contributed by atoms with E-state index in [0.717, 1.165) is 5.56 Å². The van der Waals surface area contributed by atoms with Gasteiger partial charge in [-0.3, -0.25) is 9.59 Å². The van der Waals surface area contributed by atoms with E-state index in [0.29, 0.717) is 5.56 Å². The molecule has 0 spiro atoms. The molecule has 0 heterocycles. The fourth-order valence-corrected chi connectivity index (χ4v) is 3.84. The van der Waals surface area contributed by atoms with Crippen LogP contribution in [0.15, 0.2) is 86.0 Å². The standard InChI is InChI=1S/C31H39N3O7/c1-4-12-25(18-28(36)32-22(3)19-35)29(37)33-27(24-16-10-7-11-17-24)21-40-30(38)26(13-5-2)34-31(39)41-20-23-14-8-6-9-15-23/h4-11,14-17,22,25-27,35H,1-2,12-13,18-21H2,3H3,(H,32,36)(H,33,37)(H,34,39)/t22-,25+,26+,27+/m0/s1. The predicted molar refractivity (Wildman–Crippen MR) is 154 cm³/mol. The van der Waals surface area contributed by atoms with Crippen molar-refractivity contribution in [1.29, 1.82) is 0 Å². The smallest absolute Gasteiger partial charge is 0.408 e. The van der Waals surface area contributed by atoms with Gasteiger partial charge in [0.05, 0.1) is 18.6 Å². The van der Waals surface area contributed by atoms with Gasteiger partial charge in [-0.1, -0.05) is 72.8 Å². The summed E-state index contributed by atoms with van der Waals surface area (Å²) >= 11 is 0. The van der Waals surface area contributed by atoms with Gasteiger partial charge in [-0.05, 0) is 30.9 Å². The summed E-state index contributed by atoms with van der Waals surface area (Å²) in [7, 11) is 0. The molecule has 2 rings (SSSR count). The normalized spacial score (nSPS) is 13.4. The summed E-state index contributed by atoms with van der Waals surface area (Å²) in [5, 5.41) is 17.2. The minimum absolute atomic E-state index is 0.0352. The number of rotatable bonds is 17. The minimum Gasteiger partial charge on any atom is -0.462 e. The lowest BCUT2D eigenvalue weighted by Crippen LogP contribution is -2.43. The van der Waals surface area contributed by atoms with Gasteiger partial charge >= 0.3 is 12.1 Å². The third kappa shape index (κ3) is 12.1. The maximum atomic E-state index is 13.2. The predicted octanol–water partition coefficient (Wildman–Crippen LogP) is 3.34. The Labute approximate surface area is 240 Å². The maximum Gasteiger partial charge on any atom is 0.408 e. The number of benzene rings is 2. The number of hydrogen-bond acceptors (Lipinski definition) is 7. The van der Waals surface area contributed by atoms with E-state index in [1.54, 1.807) is 37.3 Å². The van der Waals surface area contributed by atoms with E-state index in [2.05, 4.69) is 29.1 Å². The number of allylic oxidation sites excluding steroid dienone is 1. The SMILES string of the molecule is C=CC[C@H](CC(=O)N[C@@H](C)CO)C(=O)N[C@H](COC(=O)[C@@H](CC=C)NC(=O)OCc1ccccc1)c1ccccc1. The van der Waals surface area contributed by atoms with E-state index >= 15 is 0 Å². The van der Waals surface area contributed by atoms with Crippen LogP contribution < -0.4 is 16.0 Å². The summed E-state index contributed by atoms with van der Waals surface area (Å²) in [6, 6.07) is 15.8. The first-order valence-corrected chi connectivity index (χ1v) is 13.4. The molecule has 10 heteroatoms.